The summed E-state index contributed by atoms with van der Waals surface area (Å²) in [5.41, 5.74) is 5.84. The predicted molar refractivity (Wildman–Crippen MR) is 58.8 cm³/mol. The fourth-order valence-electron chi connectivity index (χ4n) is 2.11. The monoisotopic (exact) mass is 214 g/mol. The van der Waals surface area contributed by atoms with Crippen LogP contribution in [0.5, 0.6) is 0 Å². The van der Waals surface area contributed by atoms with Crippen molar-refractivity contribution in [1.29, 1.82) is 0 Å². The first kappa shape index (κ1) is 12.5. The number of nitrogens with two attached hydrogens (primary N) is 1. The maximum Gasteiger partial charge on any atom is 0.321 e. The molecule has 0 aromatic heterocycles. The average molecular weight is 214 g/mol. The fraction of sp³-hybridized carbons (Fsp3) is 0.889. The Hall–Kier alpha value is -0.585. The second-order valence-corrected chi connectivity index (χ2v) is 4.33. The van der Waals surface area contributed by atoms with Crippen LogP contribution < -0.4 is 11.1 Å². The first-order valence-corrected chi connectivity index (χ1v) is 5.42. The van der Waals surface area contributed by atoms with Gasteiger partial charge in [-0.25, -0.2) is 0 Å². The third-order valence-electron chi connectivity index (χ3n) is 2.98. The van der Waals surface area contributed by atoms with E-state index in [1.807, 2.05) is 0 Å². The standard InChI is InChI=1S/C9H19BN2O3/c1-10(15)4-2-3-6-7(11)5-12-8(6)9(13)14/h6-8,12,15H,2-5,11H2,1H3,(H,13,14). The molecule has 1 fully saturated rings. The summed E-state index contributed by atoms with van der Waals surface area (Å²) >= 11 is 0. The van der Waals surface area contributed by atoms with Crippen molar-refractivity contribution in [3.8, 4) is 0 Å². The molecule has 0 spiro atoms. The summed E-state index contributed by atoms with van der Waals surface area (Å²) in [5, 5.41) is 21.0. The number of hydrogen-bond acceptors (Lipinski definition) is 4. The van der Waals surface area contributed by atoms with Gasteiger partial charge in [-0.3, -0.25) is 4.79 Å². The Kier molecular flexibility index (Phi) is 4.57. The molecular weight excluding hydrogens is 195 g/mol. The van der Waals surface area contributed by atoms with Gasteiger partial charge >= 0.3 is 5.97 Å². The smallest absolute Gasteiger partial charge is 0.321 e. The van der Waals surface area contributed by atoms with Crippen molar-refractivity contribution in [3.63, 3.8) is 0 Å². The van der Waals surface area contributed by atoms with Gasteiger partial charge in [0.1, 0.15) is 6.04 Å². The molecule has 0 aromatic rings. The van der Waals surface area contributed by atoms with Crippen LogP contribution in [0.2, 0.25) is 13.1 Å². The normalized spacial score (nSPS) is 30.5. The maximum atomic E-state index is 10.9. The maximum absolute atomic E-state index is 10.9. The van der Waals surface area contributed by atoms with E-state index < -0.39 is 12.0 Å². The van der Waals surface area contributed by atoms with E-state index in [-0.39, 0.29) is 18.9 Å². The van der Waals surface area contributed by atoms with E-state index in [4.69, 9.17) is 15.9 Å². The Balaban J connectivity index is 2.39. The Bertz CT molecular complexity index is 225. The van der Waals surface area contributed by atoms with E-state index in [1.54, 1.807) is 6.82 Å². The number of hydrogen-bond donors (Lipinski definition) is 4. The van der Waals surface area contributed by atoms with Crippen LogP contribution in [0.3, 0.4) is 0 Å². The van der Waals surface area contributed by atoms with E-state index in [0.717, 1.165) is 12.8 Å². The van der Waals surface area contributed by atoms with Gasteiger partial charge in [-0.2, -0.15) is 0 Å². The van der Waals surface area contributed by atoms with Crippen LogP contribution in [-0.2, 0) is 4.79 Å². The summed E-state index contributed by atoms with van der Waals surface area (Å²) in [6.45, 7) is 1.98. The van der Waals surface area contributed by atoms with Gasteiger partial charge in [0, 0.05) is 18.5 Å². The third kappa shape index (κ3) is 3.48. The van der Waals surface area contributed by atoms with Gasteiger partial charge in [0.2, 0.25) is 0 Å². The van der Waals surface area contributed by atoms with Crippen molar-refractivity contribution >= 4 is 12.9 Å². The molecule has 3 unspecified atom stereocenters. The van der Waals surface area contributed by atoms with Crippen LogP contribution >= 0.6 is 0 Å². The Labute approximate surface area is 90.2 Å². The molecule has 6 heteroatoms. The van der Waals surface area contributed by atoms with Crippen molar-refractivity contribution in [2.45, 2.75) is 38.1 Å². The molecule has 0 saturated carbocycles. The molecule has 0 aromatic carbocycles. The van der Waals surface area contributed by atoms with Crippen LogP contribution in [-0.4, -0.2) is 41.6 Å². The van der Waals surface area contributed by atoms with Crippen molar-refractivity contribution in [1.82, 2.24) is 5.32 Å². The van der Waals surface area contributed by atoms with Crippen LogP contribution in [0, 0.1) is 5.92 Å². The summed E-state index contributed by atoms with van der Waals surface area (Å²) < 4.78 is 0. The summed E-state index contributed by atoms with van der Waals surface area (Å²) in [5.74, 6) is -0.841. The van der Waals surface area contributed by atoms with Gasteiger partial charge in [-0.05, 0) is 12.7 Å². The molecule has 5 nitrogen and oxygen atoms in total. The zero-order valence-electron chi connectivity index (χ0n) is 9.02. The highest BCUT2D eigenvalue weighted by Crippen LogP contribution is 2.21. The number of rotatable bonds is 5. The molecule has 0 amide bonds. The van der Waals surface area contributed by atoms with Gasteiger partial charge in [0.25, 0.3) is 6.92 Å². The van der Waals surface area contributed by atoms with E-state index in [1.165, 1.54) is 0 Å². The number of aliphatic carboxylic acids is 1. The van der Waals surface area contributed by atoms with Crippen molar-refractivity contribution in [3.05, 3.63) is 0 Å². The van der Waals surface area contributed by atoms with Gasteiger partial charge in [-0.15, -0.1) is 0 Å². The lowest BCUT2D eigenvalue weighted by atomic mass is 9.66. The summed E-state index contributed by atoms with van der Waals surface area (Å²) in [6, 6.07) is -0.603. The number of carboxylic acid groups (broad SMARTS) is 1. The molecule has 86 valence electrons. The Morgan fingerprint density at radius 3 is 2.87 bits per heavy atom. The molecule has 5 N–H and O–H groups in total. The fourth-order valence-corrected chi connectivity index (χ4v) is 2.11. The Morgan fingerprint density at radius 1 is 1.67 bits per heavy atom. The molecule has 0 bridgehead atoms. The van der Waals surface area contributed by atoms with Gasteiger partial charge < -0.3 is 21.2 Å². The highest BCUT2D eigenvalue weighted by Gasteiger charge is 2.37. The van der Waals surface area contributed by atoms with E-state index >= 15 is 0 Å². The highest BCUT2D eigenvalue weighted by atomic mass is 16.4. The molecule has 0 aliphatic carbocycles. The van der Waals surface area contributed by atoms with Crippen LogP contribution in [0.4, 0.5) is 0 Å². The summed E-state index contributed by atoms with van der Waals surface area (Å²) in [7, 11) is 0. The molecule has 0 radical (unpaired) electrons. The minimum absolute atomic E-state index is 0.0127. The summed E-state index contributed by atoms with van der Waals surface area (Å²) in [4.78, 5) is 10.9. The molecular formula is C9H19BN2O3. The average Bonchev–Trinajstić information content (AvgIpc) is 2.47. The van der Waals surface area contributed by atoms with Crippen LogP contribution in [0.15, 0.2) is 0 Å². The number of carbonyl (C=O) groups is 1. The minimum Gasteiger partial charge on any atom is -0.480 e. The lowest BCUT2D eigenvalue weighted by Gasteiger charge is -2.18. The number of carboxylic acids is 1. The van der Waals surface area contributed by atoms with E-state index in [0.29, 0.717) is 12.9 Å². The van der Waals surface area contributed by atoms with Crippen LogP contribution in [0.25, 0.3) is 0 Å². The first-order chi connectivity index (χ1) is 7.02. The molecule has 1 aliphatic heterocycles. The minimum atomic E-state index is -0.829. The molecule has 3 atom stereocenters. The van der Waals surface area contributed by atoms with Gasteiger partial charge in [0.05, 0.1) is 0 Å². The zero-order chi connectivity index (χ0) is 11.4. The van der Waals surface area contributed by atoms with E-state index in [9.17, 15) is 4.79 Å². The quantitative estimate of drug-likeness (QED) is 0.457. The molecule has 1 aliphatic rings. The van der Waals surface area contributed by atoms with Crippen LogP contribution in [0.1, 0.15) is 12.8 Å². The molecule has 1 saturated heterocycles. The number of nitrogens with one attached hydrogen (secondary N) is 1. The van der Waals surface area contributed by atoms with Gasteiger partial charge in [-0.1, -0.05) is 13.2 Å². The lowest BCUT2D eigenvalue weighted by Crippen LogP contribution is -2.37. The molecule has 1 heterocycles. The SMILES string of the molecule is CB(O)CCCC1C(N)CNC1C(=O)O. The predicted octanol–water partition coefficient (Wildman–Crippen LogP) is -0.620. The largest absolute Gasteiger partial charge is 0.480 e. The second-order valence-electron chi connectivity index (χ2n) is 4.33. The lowest BCUT2D eigenvalue weighted by molar-refractivity contribution is -0.140. The van der Waals surface area contributed by atoms with E-state index in [2.05, 4.69) is 5.32 Å². The third-order valence-corrected chi connectivity index (χ3v) is 2.98. The molecule has 1 rings (SSSR count). The second kappa shape index (κ2) is 5.49. The topological polar surface area (TPSA) is 95.6 Å². The van der Waals surface area contributed by atoms with Crippen molar-refractivity contribution in [2.24, 2.45) is 11.7 Å². The highest BCUT2D eigenvalue weighted by molar-refractivity contribution is 6.48. The van der Waals surface area contributed by atoms with Crippen molar-refractivity contribution < 1.29 is 14.9 Å². The summed E-state index contributed by atoms with van der Waals surface area (Å²) in [6.07, 6.45) is 2.28. The Morgan fingerprint density at radius 2 is 2.33 bits per heavy atom. The molecule has 15 heavy (non-hydrogen) atoms. The zero-order valence-corrected chi connectivity index (χ0v) is 9.02. The van der Waals surface area contributed by atoms with Crippen molar-refractivity contribution in [2.75, 3.05) is 6.54 Å². The first-order valence-electron chi connectivity index (χ1n) is 5.42. The van der Waals surface area contributed by atoms with Gasteiger partial charge in [0.15, 0.2) is 0 Å².